The fourth-order valence-corrected chi connectivity index (χ4v) is 1.44. The van der Waals surface area contributed by atoms with Gasteiger partial charge in [-0.05, 0) is 28.1 Å². The third kappa shape index (κ3) is 1.52. The first-order chi connectivity index (χ1) is 5.29. The van der Waals surface area contributed by atoms with E-state index < -0.39 is 0 Å². The van der Waals surface area contributed by atoms with Gasteiger partial charge in [-0.1, -0.05) is 6.07 Å². The van der Waals surface area contributed by atoms with E-state index in [1.165, 1.54) is 0 Å². The fraction of sp³-hybridized carbons (Fsp3) is 0.125. The van der Waals surface area contributed by atoms with Crippen LogP contribution in [-0.2, 0) is 0 Å². The third-order valence-corrected chi connectivity index (χ3v) is 2.04. The number of anilines is 1. The highest BCUT2D eigenvalue weighted by Gasteiger charge is 2.01. The average Bonchev–Trinajstić information content (AvgIpc) is 2.04. The van der Waals surface area contributed by atoms with E-state index in [0.29, 0.717) is 5.56 Å². The van der Waals surface area contributed by atoms with Gasteiger partial charge in [-0.3, -0.25) is 0 Å². The lowest BCUT2D eigenvalue weighted by molar-refractivity contribution is 1.42. The van der Waals surface area contributed by atoms with Crippen molar-refractivity contribution in [3.05, 3.63) is 28.2 Å². The largest absolute Gasteiger partial charge is 0.386 e. The first-order valence-electron chi connectivity index (χ1n) is 3.16. The number of para-hydroxylation sites is 1. The summed E-state index contributed by atoms with van der Waals surface area (Å²) in [4.78, 5) is 0. The Labute approximate surface area is 74.0 Å². The van der Waals surface area contributed by atoms with Crippen molar-refractivity contribution in [2.24, 2.45) is 0 Å². The van der Waals surface area contributed by atoms with Crippen LogP contribution in [0.3, 0.4) is 0 Å². The smallest absolute Gasteiger partial charge is 0.101 e. The van der Waals surface area contributed by atoms with E-state index >= 15 is 0 Å². The Hall–Kier alpha value is -1.01. The van der Waals surface area contributed by atoms with Crippen LogP contribution >= 0.6 is 15.9 Å². The minimum Gasteiger partial charge on any atom is -0.386 e. The Kier molecular flexibility index (Phi) is 2.50. The lowest BCUT2D eigenvalue weighted by Gasteiger charge is -2.03. The molecule has 0 fully saturated rings. The summed E-state index contributed by atoms with van der Waals surface area (Å²) in [7, 11) is 1.79. The summed E-state index contributed by atoms with van der Waals surface area (Å²) in [6.07, 6.45) is 0. The monoisotopic (exact) mass is 210 g/mol. The molecule has 0 saturated heterocycles. The predicted molar refractivity (Wildman–Crippen MR) is 48.4 cm³/mol. The molecule has 0 atom stereocenters. The van der Waals surface area contributed by atoms with Crippen molar-refractivity contribution in [2.45, 2.75) is 0 Å². The molecule has 0 aromatic heterocycles. The van der Waals surface area contributed by atoms with Crippen LogP contribution in [0.15, 0.2) is 22.7 Å². The Morgan fingerprint density at radius 1 is 1.55 bits per heavy atom. The normalized spacial score (nSPS) is 8.82. The van der Waals surface area contributed by atoms with E-state index in [0.717, 1.165) is 10.2 Å². The summed E-state index contributed by atoms with van der Waals surface area (Å²) in [5, 5.41) is 11.6. The van der Waals surface area contributed by atoms with Crippen molar-refractivity contribution >= 4 is 21.6 Å². The SMILES string of the molecule is CNc1c(Br)cccc1C#N. The highest BCUT2D eigenvalue weighted by molar-refractivity contribution is 9.10. The molecule has 0 aliphatic rings. The zero-order valence-electron chi connectivity index (χ0n) is 6.06. The number of hydrogen-bond donors (Lipinski definition) is 1. The van der Waals surface area contributed by atoms with Gasteiger partial charge in [0.1, 0.15) is 6.07 Å². The molecular weight excluding hydrogens is 204 g/mol. The van der Waals surface area contributed by atoms with Gasteiger partial charge in [0.25, 0.3) is 0 Å². The molecule has 1 aromatic carbocycles. The van der Waals surface area contributed by atoms with Gasteiger partial charge >= 0.3 is 0 Å². The summed E-state index contributed by atoms with van der Waals surface area (Å²) >= 11 is 3.33. The number of benzene rings is 1. The Balaban J connectivity index is 3.27. The van der Waals surface area contributed by atoms with E-state index in [1.54, 1.807) is 13.1 Å². The predicted octanol–water partition coefficient (Wildman–Crippen LogP) is 2.36. The van der Waals surface area contributed by atoms with Crippen LogP contribution in [0.5, 0.6) is 0 Å². The minimum absolute atomic E-state index is 0.655. The summed E-state index contributed by atoms with van der Waals surface area (Å²) in [5.74, 6) is 0. The highest BCUT2D eigenvalue weighted by atomic mass is 79.9. The molecule has 0 aliphatic heterocycles. The molecule has 1 aromatic rings. The molecule has 0 amide bonds. The highest BCUT2D eigenvalue weighted by Crippen LogP contribution is 2.24. The van der Waals surface area contributed by atoms with Crippen molar-refractivity contribution in [3.63, 3.8) is 0 Å². The molecule has 0 saturated carbocycles. The molecule has 0 aliphatic carbocycles. The van der Waals surface area contributed by atoms with Gasteiger partial charge in [-0.15, -0.1) is 0 Å². The first-order valence-corrected chi connectivity index (χ1v) is 3.95. The third-order valence-electron chi connectivity index (χ3n) is 1.38. The number of rotatable bonds is 1. The number of hydrogen-bond acceptors (Lipinski definition) is 2. The molecule has 0 bridgehead atoms. The number of nitrogens with one attached hydrogen (secondary N) is 1. The standard InChI is InChI=1S/C8H7BrN2/c1-11-8-6(5-10)3-2-4-7(8)9/h2-4,11H,1H3. The Bertz CT molecular complexity index is 301. The summed E-state index contributed by atoms with van der Waals surface area (Å²) in [5.41, 5.74) is 1.50. The average molecular weight is 211 g/mol. The molecule has 3 heteroatoms. The Morgan fingerprint density at radius 3 is 2.73 bits per heavy atom. The maximum atomic E-state index is 8.66. The van der Waals surface area contributed by atoms with E-state index in [2.05, 4.69) is 27.3 Å². The quantitative estimate of drug-likeness (QED) is 0.773. The van der Waals surface area contributed by atoms with Crippen molar-refractivity contribution in [1.82, 2.24) is 0 Å². The maximum absolute atomic E-state index is 8.66. The number of nitrogens with zero attached hydrogens (tertiary/aromatic N) is 1. The summed E-state index contributed by atoms with van der Waals surface area (Å²) < 4.78 is 0.916. The van der Waals surface area contributed by atoms with Gasteiger partial charge in [0, 0.05) is 11.5 Å². The molecule has 56 valence electrons. The second-order valence-electron chi connectivity index (χ2n) is 2.02. The van der Waals surface area contributed by atoms with Gasteiger partial charge in [0.2, 0.25) is 0 Å². The molecular formula is C8H7BrN2. The van der Waals surface area contributed by atoms with Crippen LogP contribution in [0.2, 0.25) is 0 Å². The molecule has 0 heterocycles. The van der Waals surface area contributed by atoms with Gasteiger partial charge < -0.3 is 5.32 Å². The van der Waals surface area contributed by atoms with Crippen molar-refractivity contribution < 1.29 is 0 Å². The van der Waals surface area contributed by atoms with Gasteiger partial charge in [0.15, 0.2) is 0 Å². The van der Waals surface area contributed by atoms with Crippen LogP contribution < -0.4 is 5.32 Å². The van der Waals surface area contributed by atoms with Crippen molar-refractivity contribution in [1.29, 1.82) is 5.26 Å². The van der Waals surface area contributed by atoms with Crippen LogP contribution in [0.1, 0.15) is 5.56 Å². The lowest BCUT2D eigenvalue weighted by Crippen LogP contribution is -1.92. The topological polar surface area (TPSA) is 35.8 Å². The summed E-state index contributed by atoms with van der Waals surface area (Å²) in [6.45, 7) is 0. The molecule has 11 heavy (non-hydrogen) atoms. The van der Waals surface area contributed by atoms with Gasteiger partial charge in [-0.25, -0.2) is 0 Å². The van der Waals surface area contributed by atoms with Crippen LogP contribution in [0, 0.1) is 11.3 Å². The van der Waals surface area contributed by atoms with E-state index in [4.69, 9.17) is 5.26 Å². The molecule has 0 radical (unpaired) electrons. The van der Waals surface area contributed by atoms with E-state index in [-0.39, 0.29) is 0 Å². The van der Waals surface area contributed by atoms with Crippen molar-refractivity contribution in [3.8, 4) is 6.07 Å². The second-order valence-corrected chi connectivity index (χ2v) is 2.88. The van der Waals surface area contributed by atoms with Gasteiger partial charge in [-0.2, -0.15) is 5.26 Å². The molecule has 0 spiro atoms. The lowest BCUT2D eigenvalue weighted by atomic mass is 10.2. The fourth-order valence-electron chi connectivity index (χ4n) is 0.871. The molecule has 2 nitrogen and oxygen atoms in total. The maximum Gasteiger partial charge on any atom is 0.101 e. The van der Waals surface area contributed by atoms with Crippen LogP contribution in [0.25, 0.3) is 0 Å². The Morgan fingerprint density at radius 2 is 2.27 bits per heavy atom. The van der Waals surface area contributed by atoms with Gasteiger partial charge in [0.05, 0.1) is 11.3 Å². The minimum atomic E-state index is 0.655. The van der Waals surface area contributed by atoms with E-state index in [9.17, 15) is 0 Å². The van der Waals surface area contributed by atoms with Crippen LogP contribution in [0.4, 0.5) is 5.69 Å². The molecule has 1 rings (SSSR count). The van der Waals surface area contributed by atoms with E-state index in [1.807, 2.05) is 12.1 Å². The number of halogens is 1. The molecule has 1 N–H and O–H groups in total. The summed E-state index contributed by atoms with van der Waals surface area (Å²) in [6, 6.07) is 7.60. The number of nitriles is 1. The first kappa shape index (κ1) is 8.09. The zero-order valence-corrected chi connectivity index (χ0v) is 7.64. The van der Waals surface area contributed by atoms with Crippen LogP contribution in [-0.4, -0.2) is 7.05 Å². The zero-order chi connectivity index (χ0) is 8.27. The molecule has 0 unspecified atom stereocenters. The van der Waals surface area contributed by atoms with Crippen molar-refractivity contribution in [2.75, 3.05) is 12.4 Å². The second kappa shape index (κ2) is 3.40.